The molecule has 0 spiro atoms. The molecule has 5 nitrogen and oxygen atoms in total. The molecular formula is C6H5F2IN2O3S. The van der Waals surface area contributed by atoms with Gasteiger partial charge < -0.3 is 5.11 Å². The molecule has 1 aromatic rings. The second kappa shape index (κ2) is 4.14. The molecule has 9 heteroatoms. The third-order valence-corrected chi connectivity index (χ3v) is 3.91. The molecule has 0 saturated carbocycles. The number of hydrogen-bond donors (Lipinski definition) is 2. The predicted molar refractivity (Wildman–Crippen MR) is 54.9 cm³/mol. The van der Waals surface area contributed by atoms with Crippen LogP contribution in [0.5, 0.6) is 5.75 Å². The molecule has 84 valence electrons. The molecule has 0 aromatic carbocycles. The summed E-state index contributed by atoms with van der Waals surface area (Å²) in [6.07, 6.45) is -2.30. The highest BCUT2D eigenvalue weighted by molar-refractivity contribution is 14.1. The minimum Gasteiger partial charge on any atom is -0.505 e. The van der Waals surface area contributed by atoms with Crippen molar-refractivity contribution >= 4 is 32.6 Å². The van der Waals surface area contributed by atoms with Crippen molar-refractivity contribution in [2.24, 2.45) is 5.14 Å². The first-order valence-electron chi connectivity index (χ1n) is 3.43. The number of halogens is 3. The Morgan fingerprint density at radius 1 is 1.53 bits per heavy atom. The lowest BCUT2D eigenvalue weighted by atomic mass is 10.3. The number of nitrogens with zero attached hydrogens (tertiary/aromatic N) is 1. The molecule has 0 aliphatic carbocycles. The molecule has 0 amide bonds. The van der Waals surface area contributed by atoms with Gasteiger partial charge in [0.25, 0.3) is 6.43 Å². The third kappa shape index (κ3) is 2.52. The Labute approximate surface area is 97.5 Å². The van der Waals surface area contributed by atoms with E-state index in [1.807, 2.05) is 0 Å². The smallest absolute Gasteiger partial charge is 0.281 e. The van der Waals surface area contributed by atoms with E-state index in [-0.39, 0.29) is 3.57 Å². The Hall–Kier alpha value is -0.550. The third-order valence-electron chi connectivity index (χ3n) is 1.47. The number of aromatic hydroxyl groups is 1. The highest BCUT2D eigenvalue weighted by atomic mass is 127. The van der Waals surface area contributed by atoms with Crippen LogP contribution >= 0.6 is 22.6 Å². The molecule has 1 aromatic heterocycles. The van der Waals surface area contributed by atoms with E-state index in [0.717, 1.165) is 0 Å². The molecule has 15 heavy (non-hydrogen) atoms. The number of primary sulfonamides is 1. The standard InChI is InChI=1S/C6H5F2IN2O3S/c7-6(8)4-3(9)5(15(10,13)14)2(12)1-11-4/h1,6,12H,(H2,10,13,14). The topological polar surface area (TPSA) is 93.3 Å². The fourth-order valence-electron chi connectivity index (χ4n) is 0.898. The maximum atomic E-state index is 12.3. The fourth-order valence-corrected chi connectivity index (χ4v) is 3.17. The average Bonchev–Trinajstić information content (AvgIpc) is 2.00. The Morgan fingerprint density at radius 2 is 2.07 bits per heavy atom. The lowest BCUT2D eigenvalue weighted by molar-refractivity contribution is 0.144. The lowest BCUT2D eigenvalue weighted by Gasteiger charge is -2.08. The summed E-state index contributed by atoms with van der Waals surface area (Å²) in [5.74, 6) is -0.744. The number of hydrogen-bond acceptors (Lipinski definition) is 4. The van der Waals surface area contributed by atoms with Crippen LogP contribution in [0.1, 0.15) is 12.1 Å². The quantitative estimate of drug-likeness (QED) is 0.778. The van der Waals surface area contributed by atoms with Gasteiger partial charge in [0.2, 0.25) is 10.0 Å². The number of rotatable bonds is 2. The first-order valence-corrected chi connectivity index (χ1v) is 6.06. The van der Waals surface area contributed by atoms with E-state index >= 15 is 0 Å². The van der Waals surface area contributed by atoms with E-state index in [9.17, 15) is 17.2 Å². The van der Waals surface area contributed by atoms with E-state index in [2.05, 4.69) is 4.98 Å². The molecule has 0 aliphatic rings. The van der Waals surface area contributed by atoms with Crippen LogP contribution in [-0.4, -0.2) is 18.5 Å². The Kier molecular flexibility index (Phi) is 3.45. The lowest BCUT2D eigenvalue weighted by Crippen LogP contribution is -2.15. The van der Waals surface area contributed by atoms with Crippen LogP contribution in [0, 0.1) is 3.57 Å². The number of pyridine rings is 1. The molecule has 1 rings (SSSR count). The number of alkyl halides is 2. The van der Waals surface area contributed by atoms with Gasteiger partial charge in [-0.3, -0.25) is 4.98 Å². The van der Waals surface area contributed by atoms with Gasteiger partial charge in [-0.2, -0.15) is 0 Å². The van der Waals surface area contributed by atoms with Crippen molar-refractivity contribution in [1.82, 2.24) is 4.98 Å². The Balaban J connectivity index is 3.59. The minimum absolute atomic E-state index is 0.370. The van der Waals surface area contributed by atoms with E-state index < -0.39 is 32.8 Å². The number of nitrogens with two attached hydrogens (primary N) is 1. The molecule has 0 bridgehead atoms. The van der Waals surface area contributed by atoms with Crippen LogP contribution in [0.2, 0.25) is 0 Å². The highest BCUT2D eigenvalue weighted by Crippen LogP contribution is 2.32. The van der Waals surface area contributed by atoms with Crippen LogP contribution in [0.3, 0.4) is 0 Å². The number of sulfonamides is 1. The van der Waals surface area contributed by atoms with E-state index in [1.165, 1.54) is 22.6 Å². The van der Waals surface area contributed by atoms with Crippen LogP contribution in [0.4, 0.5) is 8.78 Å². The Bertz CT molecular complexity index is 491. The van der Waals surface area contributed by atoms with Gasteiger partial charge in [0.15, 0.2) is 5.75 Å². The fraction of sp³-hybridized carbons (Fsp3) is 0.167. The van der Waals surface area contributed by atoms with Crippen LogP contribution in [0.15, 0.2) is 11.1 Å². The van der Waals surface area contributed by atoms with Crippen molar-refractivity contribution in [2.45, 2.75) is 11.3 Å². The summed E-state index contributed by atoms with van der Waals surface area (Å²) in [7, 11) is -4.25. The molecule has 0 fully saturated rings. The van der Waals surface area contributed by atoms with Crippen molar-refractivity contribution < 1.29 is 22.3 Å². The summed E-state index contributed by atoms with van der Waals surface area (Å²) in [5.41, 5.74) is -0.725. The largest absolute Gasteiger partial charge is 0.505 e. The second-order valence-electron chi connectivity index (χ2n) is 2.52. The van der Waals surface area contributed by atoms with E-state index in [1.54, 1.807) is 0 Å². The summed E-state index contributed by atoms with van der Waals surface area (Å²) in [5, 5.41) is 13.9. The molecular weight excluding hydrogens is 345 g/mol. The van der Waals surface area contributed by atoms with Crippen molar-refractivity contribution in [3.05, 3.63) is 15.5 Å². The molecule has 0 atom stereocenters. The van der Waals surface area contributed by atoms with Crippen molar-refractivity contribution in [3.63, 3.8) is 0 Å². The summed E-state index contributed by atoms with van der Waals surface area (Å²) in [6, 6.07) is 0. The maximum Gasteiger partial charge on any atom is 0.281 e. The monoisotopic (exact) mass is 350 g/mol. The van der Waals surface area contributed by atoms with Gasteiger partial charge in [-0.05, 0) is 22.6 Å². The zero-order chi connectivity index (χ0) is 11.8. The SMILES string of the molecule is NS(=O)(=O)c1c(O)cnc(C(F)F)c1I. The summed E-state index contributed by atoms with van der Waals surface area (Å²) in [4.78, 5) is 2.50. The molecule has 3 N–H and O–H groups in total. The molecule has 0 radical (unpaired) electrons. The molecule has 1 heterocycles. The maximum absolute atomic E-state index is 12.3. The van der Waals surface area contributed by atoms with E-state index in [4.69, 9.17) is 10.2 Å². The van der Waals surface area contributed by atoms with Crippen molar-refractivity contribution in [3.8, 4) is 5.75 Å². The van der Waals surface area contributed by atoms with Gasteiger partial charge in [0.1, 0.15) is 10.6 Å². The molecule has 0 aliphatic heterocycles. The molecule has 0 unspecified atom stereocenters. The first kappa shape index (κ1) is 12.5. The van der Waals surface area contributed by atoms with Crippen LogP contribution < -0.4 is 5.14 Å². The van der Waals surface area contributed by atoms with E-state index in [0.29, 0.717) is 6.20 Å². The summed E-state index contributed by atoms with van der Waals surface area (Å²) < 4.78 is 46.3. The average molecular weight is 350 g/mol. The number of aromatic nitrogens is 1. The zero-order valence-corrected chi connectivity index (χ0v) is 9.96. The summed E-state index contributed by atoms with van der Waals surface area (Å²) >= 11 is 1.35. The normalized spacial score (nSPS) is 12.1. The summed E-state index contributed by atoms with van der Waals surface area (Å²) in [6.45, 7) is 0. The van der Waals surface area contributed by atoms with Crippen LogP contribution in [0.25, 0.3) is 0 Å². The zero-order valence-electron chi connectivity index (χ0n) is 6.99. The van der Waals surface area contributed by atoms with Gasteiger partial charge in [0, 0.05) is 0 Å². The van der Waals surface area contributed by atoms with Gasteiger partial charge >= 0.3 is 0 Å². The Morgan fingerprint density at radius 3 is 2.47 bits per heavy atom. The molecule has 0 saturated heterocycles. The minimum atomic E-state index is -4.25. The second-order valence-corrected chi connectivity index (χ2v) is 5.09. The van der Waals surface area contributed by atoms with Crippen LogP contribution in [-0.2, 0) is 10.0 Å². The van der Waals surface area contributed by atoms with Gasteiger partial charge in [0.05, 0.1) is 9.77 Å². The first-order chi connectivity index (χ1) is 6.75. The van der Waals surface area contributed by atoms with Gasteiger partial charge in [-0.1, -0.05) is 0 Å². The van der Waals surface area contributed by atoms with Crippen molar-refractivity contribution in [2.75, 3.05) is 0 Å². The highest BCUT2D eigenvalue weighted by Gasteiger charge is 2.25. The van der Waals surface area contributed by atoms with Gasteiger partial charge in [-0.25, -0.2) is 22.3 Å². The van der Waals surface area contributed by atoms with Gasteiger partial charge in [-0.15, -0.1) is 0 Å². The predicted octanol–water partition coefficient (Wildman–Crippen LogP) is 0.977. The van der Waals surface area contributed by atoms with Crippen molar-refractivity contribution in [1.29, 1.82) is 0 Å².